The Balaban J connectivity index is 2.07. The molecule has 0 unspecified atom stereocenters. The van der Waals surface area contributed by atoms with Crippen molar-refractivity contribution in [3.05, 3.63) is 29.0 Å². The molecule has 0 aliphatic heterocycles. The Morgan fingerprint density at radius 1 is 1.42 bits per heavy atom. The Morgan fingerprint density at radius 3 is 3.00 bits per heavy atom. The second-order valence-corrected chi connectivity index (χ2v) is 5.25. The van der Waals surface area contributed by atoms with Gasteiger partial charge in [0.05, 0.1) is 10.7 Å². The lowest BCUT2D eigenvalue weighted by Crippen LogP contribution is -1.97. The Morgan fingerprint density at radius 2 is 2.26 bits per heavy atom. The number of anilines is 1. The maximum Gasteiger partial charge on any atom is 0.235 e. The molecule has 0 radical (unpaired) electrons. The van der Waals surface area contributed by atoms with Gasteiger partial charge in [-0.05, 0) is 12.1 Å². The van der Waals surface area contributed by atoms with Crippen LogP contribution in [0.5, 0.6) is 0 Å². The maximum atomic E-state index is 5.91. The summed E-state index contributed by atoms with van der Waals surface area (Å²) >= 11 is 7.34. The quantitative estimate of drug-likeness (QED) is 0.750. The normalized spacial score (nSPS) is 11.3. The van der Waals surface area contributed by atoms with Crippen molar-refractivity contribution in [2.45, 2.75) is 6.61 Å². The van der Waals surface area contributed by atoms with E-state index in [4.69, 9.17) is 22.1 Å². The molecule has 98 valence electrons. The summed E-state index contributed by atoms with van der Waals surface area (Å²) in [5.41, 5.74) is 7.23. The molecule has 0 fully saturated rings. The third-order valence-corrected chi connectivity index (χ3v) is 3.86. The van der Waals surface area contributed by atoms with E-state index in [2.05, 4.69) is 15.3 Å². The average molecular weight is 296 g/mol. The molecule has 19 heavy (non-hydrogen) atoms. The standard InChI is InChI=1S/C11H10ClN5OS/c1-18-5-9-14-15-11-17(9)16-10(19-11)6-2-3-7(12)8(13)4-6/h2-4H,5,13H2,1H3. The number of aromatic nitrogens is 4. The molecular formula is C11H10ClN5OS. The van der Waals surface area contributed by atoms with Gasteiger partial charge in [0.25, 0.3) is 0 Å². The first kappa shape index (κ1) is 12.3. The summed E-state index contributed by atoms with van der Waals surface area (Å²) in [6.45, 7) is 0.368. The third-order valence-electron chi connectivity index (χ3n) is 2.57. The van der Waals surface area contributed by atoms with Crippen LogP contribution in [0, 0.1) is 0 Å². The van der Waals surface area contributed by atoms with Gasteiger partial charge < -0.3 is 10.5 Å². The average Bonchev–Trinajstić information content (AvgIpc) is 2.95. The minimum Gasteiger partial charge on any atom is -0.398 e. The number of benzene rings is 1. The predicted octanol–water partition coefficient (Wildman–Crippen LogP) is 2.23. The van der Waals surface area contributed by atoms with Crippen molar-refractivity contribution in [2.75, 3.05) is 12.8 Å². The third kappa shape index (κ3) is 2.16. The second-order valence-electron chi connectivity index (χ2n) is 3.89. The van der Waals surface area contributed by atoms with Gasteiger partial charge in [-0.15, -0.1) is 10.2 Å². The van der Waals surface area contributed by atoms with E-state index in [1.807, 2.05) is 6.07 Å². The van der Waals surface area contributed by atoms with Crippen LogP contribution in [0.3, 0.4) is 0 Å². The number of nitrogens with two attached hydrogens (primary N) is 1. The molecule has 0 bridgehead atoms. The summed E-state index contributed by atoms with van der Waals surface area (Å²) in [6, 6.07) is 5.43. The predicted molar refractivity (Wildman–Crippen MR) is 74.2 cm³/mol. The highest BCUT2D eigenvalue weighted by Gasteiger charge is 2.13. The first-order valence-electron chi connectivity index (χ1n) is 5.44. The smallest absolute Gasteiger partial charge is 0.235 e. The van der Waals surface area contributed by atoms with E-state index in [0.717, 1.165) is 15.5 Å². The molecule has 2 N–H and O–H groups in total. The molecule has 0 amide bonds. The zero-order chi connectivity index (χ0) is 13.4. The summed E-state index contributed by atoms with van der Waals surface area (Å²) in [6.07, 6.45) is 0. The molecule has 2 aromatic heterocycles. The van der Waals surface area contributed by atoms with Gasteiger partial charge in [0.15, 0.2) is 5.82 Å². The van der Waals surface area contributed by atoms with Crippen molar-refractivity contribution in [1.82, 2.24) is 19.8 Å². The lowest BCUT2D eigenvalue weighted by atomic mass is 10.2. The van der Waals surface area contributed by atoms with Gasteiger partial charge in [-0.1, -0.05) is 29.0 Å². The van der Waals surface area contributed by atoms with Crippen LogP contribution in [0.4, 0.5) is 5.69 Å². The molecule has 3 aromatic rings. The number of halogens is 1. The highest BCUT2D eigenvalue weighted by molar-refractivity contribution is 7.19. The lowest BCUT2D eigenvalue weighted by Gasteiger charge is -2.00. The molecule has 8 heteroatoms. The first-order chi connectivity index (χ1) is 9.19. The molecule has 0 saturated heterocycles. The van der Waals surface area contributed by atoms with E-state index in [1.54, 1.807) is 23.8 Å². The topological polar surface area (TPSA) is 78.3 Å². The molecule has 0 spiro atoms. The summed E-state index contributed by atoms with van der Waals surface area (Å²) in [4.78, 5) is 0.718. The van der Waals surface area contributed by atoms with Gasteiger partial charge in [0.2, 0.25) is 4.96 Å². The van der Waals surface area contributed by atoms with Crippen molar-refractivity contribution >= 4 is 33.6 Å². The first-order valence-corrected chi connectivity index (χ1v) is 6.64. The minimum atomic E-state index is 0.368. The molecule has 0 saturated carbocycles. The van der Waals surface area contributed by atoms with Crippen LogP contribution in [-0.2, 0) is 11.3 Å². The molecule has 3 rings (SSSR count). The van der Waals surface area contributed by atoms with Crippen LogP contribution in [-0.4, -0.2) is 26.9 Å². The number of nitrogen functional groups attached to an aromatic ring is 1. The molecule has 2 heterocycles. The molecule has 6 nitrogen and oxygen atoms in total. The van der Waals surface area contributed by atoms with Crippen LogP contribution in [0.1, 0.15) is 5.82 Å². The fraction of sp³-hybridized carbons (Fsp3) is 0.182. The van der Waals surface area contributed by atoms with E-state index in [9.17, 15) is 0 Å². The Bertz CT molecular complexity index is 738. The van der Waals surface area contributed by atoms with Crippen LogP contribution in [0.2, 0.25) is 5.02 Å². The minimum absolute atomic E-state index is 0.368. The summed E-state index contributed by atoms with van der Waals surface area (Å²) < 4.78 is 6.72. The molecular weight excluding hydrogens is 286 g/mol. The van der Waals surface area contributed by atoms with Crippen LogP contribution >= 0.6 is 22.9 Å². The molecule has 0 aliphatic carbocycles. The maximum absolute atomic E-state index is 5.91. The molecule has 0 atom stereocenters. The van der Waals surface area contributed by atoms with Crippen molar-refractivity contribution in [3.63, 3.8) is 0 Å². The largest absolute Gasteiger partial charge is 0.398 e. The highest BCUT2D eigenvalue weighted by atomic mass is 35.5. The fourth-order valence-corrected chi connectivity index (χ4v) is 2.64. The fourth-order valence-electron chi connectivity index (χ4n) is 1.67. The number of hydrogen-bond donors (Lipinski definition) is 1. The van der Waals surface area contributed by atoms with E-state index in [-0.39, 0.29) is 0 Å². The number of ether oxygens (including phenoxy) is 1. The van der Waals surface area contributed by atoms with E-state index in [1.165, 1.54) is 11.3 Å². The lowest BCUT2D eigenvalue weighted by molar-refractivity contribution is 0.176. The number of rotatable bonds is 3. The Hall–Kier alpha value is -1.70. The Kier molecular flexibility index (Phi) is 3.09. The summed E-state index contributed by atoms with van der Waals surface area (Å²) in [7, 11) is 1.61. The van der Waals surface area contributed by atoms with E-state index < -0.39 is 0 Å². The van der Waals surface area contributed by atoms with Gasteiger partial charge in [-0.2, -0.15) is 9.61 Å². The zero-order valence-corrected chi connectivity index (χ0v) is 11.6. The van der Waals surface area contributed by atoms with Gasteiger partial charge in [-0.25, -0.2) is 0 Å². The number of fused-ring (bicyclic) bond motifs is 1. The summed E-state index contributed by atoms with van der Waals surface area (Å²) in [5, 5.41) is 13.9. The van der Waals surface area contributed by atoms with E-state index in [0.29, 0.717) is 23.1 Å². The summed E-state index contributed by atoms with van der Waals surface area (Å²) in [5.74, 6) is 0.668. The van der Waals surface area contributed by atoms with Gasteiger partial charge in [0, 0.05) is 12.7 Å². The van der Waals surface area contributed by atoms with Crippen molar-refractivity contribution < 1.29 is 4.74 Å². The van der Waals surface area contributed by atoms with Gasteiger partial charge in [-0.3, -0.25) is 0 Å². The SMILES string of the molecule is COCc1nnc2sc(-c3ccc(Cl)c(N)c3)nn12. The van der Waals surface area contributed by atoms with Crippen molar-refractivity contribution in [3.8, 4) is 10.6 Å². The monoisotopic (exact) mass is 295 g/mol. The molecule has 0 aliphatic rings. The zero-order valence-electron chi connectivity index (χ0n) is 10.00. The van der Waals surface area contributed by atoms with Crippen LogP contribution in [0.15, 0.2) is 18.2 Å². The van der Waals surface area contributed by atoms with Crippen LogP contribution < -0.4 is 5.73 Å². The number of nitrogens with zero attached hydrogens (tertiary/aromatic N) is 4. The van der Waals surface area contributed by atoms with Gasteiger partial charge in [0.1, 0.15) is 11.6 Å². The second kappa shape index (κ2) is 4.76. The van der Waals surface area contributed by atoms with Crippen LogP contribution in [0.25, 0.3) is 15.5 Å². The Labute approximate surface area is 117 Å². The number of hydrogen-bond acceptors (Lipinski definition) is 6. The van der Waals surface area contributed by atoms with Crippen molar-refractivity contribution in [1.29, 1.82) is 0 Å². The van der Waals surface area contributed by atoms with Crippen molar-refractivity contribution in [2.24, 2.45) is 0 Å². The van der Waals surface area contributed by atoms with Gasteiger partial charge >= 0.3 is 0 Å². The molecule has 1 aromatic carbocycles. The highest BCUT2D eigenvalue weighted by Crippen LogP contribution is 2.29. The van der Waals surface area contributed by atoms with E-state index >= 15 is 0 Å². The number of methoxy groups -OCH3 is 1.